The van der Waals surface area contributed by atoms with Gasteiger partial charge in [-0.05, 0) is 72.0 Å². The fraction of sp³-hybridized carbons (Fsp3) is 0.167. The molecule has 0 radical (unpaired) electrons. The van der Waals surface area contributed by atoms with Crippen LogP contribution in [0.5, 0.6) is 5.75 Å². The number of carbonyl (C=O) groups is 1. The van der Waals surface area contributed by atoms with Crippen molar-refractivity contribution in [1.82, 2.24) is 25.6 Å². The van der Waals surface area contributed by atoms with Crippen molar-refractivity contribution < 1.29 is 14.3 Å². The van der Waals surface area contributed by atoms with Gasteiger partial charge in [-0.3, -0.25) is 4.79 Å². The van der Waals surface area contributed by atoms with Crippen LogP contribution in [0.4, 0.5) is 4.39 Å². The lowest BCUT2D eigenvalue weighted by Gasteiger charge is -2.26. The Morgan fingerprint density at radius 1 is 1.05 bits per heavy atom. The molecule has 8 heteroatoms. The molecule has 5 aromatic rings. The van der Waals surface area contributed by atoms with Crippen molar-refractivity contribution in [1.29, 1.82) is 0 Å². The first-order chi connectivity index (χ1) is 18.4. The van der Waals surface area contributed by atoms with Gasteiger partial charge in [0.05, 0.1) is 6.04 Å². The minimum absolute atomic E-state index is 0.115. The number of aromatic hydroxyl groups is 1. The number of aromatic nitrogens is 3. The van der Waals surface area contributed by atoms with Gasteiger partial charge >= 0.3 is 0 Å². The summed E-state index contributed by atoms with van der Waals surface area (Å²) in [7, 11) is 0. The third kappa shape index (κ3) is 4.62. The number of nitrogens with one attached hydrogen (secondary N) is 3. The molecular formula is C30H26FN5O2. The highest BCUT2D eigenvalue weighted by Gasteiger charge is 2.24. The molecule has 1 saturated heterocycles. The monoisotopic (exact) mass is 507 g/mol. The van der Waals surface area contributed by atoms with Gasteiger partial charge < -0.3 is 20.7 Å². The van der Waals surface area contributed by atoms with E-state index in [-0.39, 0.29) is 17.2 Å². The van der Waals surface area contributed by atoms with Crippen LogP contribution in [-0.4, -0.2) is 39.1 Å². The van der Waals surface area contributed by atoms with Gasteiger partial charge in [0.2, 0.25) is 0 Å². The fourth-order valence-electron chi connectivity index (χ4n) is 4.81. The molecule has 4 N–H and O–H groups in total. The molecule has 1 amide bonds. The Kier molecular flexibility index (Phi) is 6.09. The SMILES string of the molecule is Cc1cc(C(=O)N[C@@H](c2cc3ccccc3[nH]2)c2cc(F)ccc2O)cc(-c2ncc(C3CNC3)cn2)c1. The molecule has 1 aliphatic rings. The Morgan fingerprint density at radius 2 is 1.84 bits per heavy atom. The summed E-state index contributed by atoms with van der Waals surface area (Å²) in [6, 6.07) is 17.9. The highest BCUT2D eigenvalue weighted by molar-refractivity contribution is 5.96. The molecule has 1 aliphatic heterocycles. The summed E-state index contributed by atoms with van der Waals surface area (Å²) in [5.41, 5.74) is 4.85. The predicted molar refractivity (Wildman–Crippen MR) is 143 cm³/mol. The normalized spacial score (nSPS) is 14.3. The quantitative estimate of drug-likeness (QED) is 0.260. The molecule has 1 atom stereocenters. The van der Waals surface area contributed by atoms with E-state index in [9.17, 15) is 14.3 Å². The van der Waals surface area contributed by atoms with Gasteiger partial charge in [-0.2, -0.15) is 0 Å². The number of hydrogen-bond donors (Lipinski definition) is 4. The van der Waals surface area contributed by atoms with Crippen LogP contribution in [0.3, 0.4) is 0 Å². The molecule has 1 fully saturated rings. The van der Waals surface area contributed by atoms with Crippen LogP contribution < -0.4 is 10.6 Å². The van der Waals surface area contributed by atoms with E-state index in [2.05, 4.69) is 25.6 Å². The van der Waals surface area contributed by atoms with Crippen molar-refractivity contribution in [2.24, 2.45) is 0 Å². The number of amides is 1. The van der Waals surface area contributed by atoms with Gasteiger partial charge in [-0.1, -0.05) is 18.2 Å². The number of aryl methyl sites for hydroxylation is 1. The number of fused-ring (bicyclic) bond motifs is 1. The number of phenols is 1. The van der Waals surface area contributed by atoms with Crippen LogP contribution in [0.1, 0.15) is 44.7 Å². The van der Waals surface area contributed by atoms with Gasteiger partial charge in [-0.25, -0.2) is 14.4 Å². The van der Waals surface area contributed by atoms with Crippen molar-refractivity contribution in [3.05, 3.63) is 113 Å². The van der Waals surface area contributed by atoms with Gasteiger partial charge in [0, 0.05) is 59.3 Å². The zero-order valence-corrected chi connectivity index (χ0v) is 20.7. The van der Waals surface area contributed by atoms with Gasteiger partial charge in [0.15, 0.2) is 5.82 Å². The van der Waals surface area contributed by atoms with Crippen LogP contribution in [-0.2, 0) is 0 Å². The second-order valence-corrected chi connectivity index (χ2v) is 9.70. The second-order valence-electron chi connectivity index (χ2n) is 9.70. The van der Waals surface area contributed by atoms with Crippen molar-refractivity contribution in [3.63, 3.8) is 0 Å². The van der Waals surface area contributed by atoms with Gasteiger partial charge in [-0.15, -0.1) is 0 Å². The van der Waals surface area contributed by atoms with Crippen LogP contribution in [0, 0.1) is 12.7 Å². The first kappa shape index (κ1) is 23.8. The summed E-state index contributed by atoms with van der Waals surface area (Å²) < 4.78 is 14.2. The molecule has 0 unspecified atom stereocenters. The summed E-state index contributed by atoms with van der Waals surface area (Å²) in [4.78, 5) is 26.0. The van der Waals surface area contributed by atoms with Gasteiger partial charge in [0.25, 0.3) is 5.91 Å². The molecule has 6 rings (SSSR count). The molecule has 190 valence electrons. The molecule has 2 aromatic heterocycles. The van der Waals surface area contributed by atoms with E-state index in [1.807, 2.05) is 55.7 Å². The molecular weight excluding hydrogens is 481 g/mol. The number of carbonyl (C=O) groups excluding carboxylic acids is 1. The third-order valence-corrected chi connectivity index (χ3v) is 6.96. The highest BCUT2D eigenvalue weighted by Crippen LogP contribution is 2.32. The smallest absolute Gasteiger partial charge is 0.252 e. The number of phenolic OH excluding ortho intramolecular Hbond substituents is 1. The average Bonchev–Trinajstić information content (AvgIpc) is 3.32. The van der Waals surface area contributed by atoms with E-state index in [1.165, 1.54) is 18.2 Å². The Balaban J connectivity index is 1.34. The topological polar surface area (TPSA) is 103 Å². The number of aromatic amines is 1. The first-order valence-electron chi connectivity index (χ1n) is 12.5. The first-order valence-corrected chi connectivity index (χ1v) is 12.5. The average molecular weight is 508 g/mol. The van der Waals surface area contributed by atoms with Crippen LogP contribution in [0.25, 0.3) is 22.3 Å². The van der Waals surface area contributed by atoms with E-state index >= 15 is 0 Å². The van der Waals surface area contributed by atoms with Crippen molar-refractivity contribution >= 4 is 16.8 Å². The summed E-state index contributed by atoms with van der Waals surface area (Å²) >= 11 is 0. The Bertz CT molecular complexity index is 1610. The maximum atomic E-state index is 14.2. The molecule has 0 aliphatic carbocycles. The van der Waals surface area contributed by atoms with E-state index in [0.717, 1.165) is 40.7 Å². The third-order valence-electron chi connectivity index (χ3n) is 6.96. The molecule has 3 heterocycles. The summed E-state index contributed by atoms with van der Waals surface area (Å²) in [5.74, 6) is -0.0309. The zero-order chi connectivity index (χ0) is 26.2. The Hall–Kier alpha value is -4.56. The number of H-pyrrole nitrogens is 1. The number of para-hydroxylation sites is 1. The molecule has 38 heavy (non-hydrogen) atoms. The molecule has 0 saturated carbocycles. The van der Waals surface area contributed by atoms with Crippen molar-refractivity contribution in [3.8, 4) is 17.1 Å². The lowest BCUT2D eigenvalue weighted by Crippen LogP contribution is -2.39. The molecule has 0 bridgehead atoms. The molecule has 3 aromatic carbocycles. The number of halogens is 1. The van der Waals surface area contributed by atoms with E-state index in [1.54, 1.807) is 12.1 Å². The van der Waals surface area contributed by atoms with Crippen molar-refractivity contribution in [2.75, 3.05) is 13.1 Å². The van der Waals surface area contributed by atoms with E-state index < -0.39 is 11.9 Å². The Morgan fingerprint density at radius 3 is 2.58 bits per heavy atom. The fourth-order valence-corrected chi connectivity index (χ4v) is 4.81. The number of nitrogens with zero attached hydrogens (tertiary/aromatic N) is 2. The van der Waals surface area contributed by atoms with E-state index in [0.29, 0.717) is 23.0 Å². The summed E-state index contributed by atoms with van der Waals surface area (Å²) in [6.45, 7) is 3.76. The largest absolute Gasteiger partial charge is 0.508 e. The van der Waals surface area contributed by atoms with Crippen molar-refractivity contribution in [2.45, 2.75) is 18.9 Å². The number of benzene rings is 3. The lowest BCUT2D eigenvalue weighted by molar-refractivity contribution is 0.0942. The standard InChI is InChI=1S/C30H26FN5O2/c1-17-8-19(29-33-15-22(16-34-29)21-13-32-14-21)10-20(9-17)30(38)36-28(24-12-23(31)6-7-27(24)37)26-11-18-4-2-3-5-25(18)35-26/h2-12,15-16,21,28,32,35,37H,13-14H2,1H3,(H,36,38)/t28-/m1/s1. The lowest BCUT2D eigenvalue weighted by atomic mass is 9.96. The Labute approximate surface area is 218 Å². The number of rotatable bonds is 6. The minimum atomic E-state index is -0.818. The molecule has 7 nitrogen and oxygen atoms in total. The van der Waals surface area contributed by atoms with Gasteiger partial charge in [0.1, 0.15) is 11.6 Å². The van der Waals surface area contributed by atoms with Crippen LogP contribution in [0.2, 0.25) is 0 Å². The predicted octanol–water partition coefficient (Wildman–Crippen LogP) is 4.98. The molecule has 0 spiro atoms. The second kappa shape index (κ2) is 9.72. The van der Waals surface area contributed by atoms with Crippen LogP contribution >= 0.6 is 0 Å². The maximum Gasteiger partial charge on any atom is 0.252 e. The van der Waals surface area contributed by atoms with Crippen LogP contribution in [0.15, 0.2) is 79.1 Å². The zero-order valence-electron chi connectivity index (χ0n) is 20.7. The highest BCUT2D eigenvalue weighted by atomic mass is 19.1. The maximum absolute atomic E-state index is 14.2. The number of hydrogen-bond acceptors (Lipinski definition) is 5. The summed E-state index contributed by atoms with van der Waals surface area (Å²) in [6.07, 6.45) is 3.68. The van der Waals surface area contributed by atoms with E-state index in [4.69, 9.17) is 0 Å². The summed E-state index contributed by atoms with van der Waals surface area (Å²) in [5, 5.41) is 17.8. The minimum Gasteiger partial charge on any atom is -0.508 e.